The zero-order chi connectivity index (χ0) is 29.3. The number of ether oxygens (including phenoxy) is 3. The Bertz CT molecular complexity index is 1590. The predicted molar refractivity (Wildman–Crippen MR) is 157 cm³/mol. The van der Waals surface area contributed by atoms with Crippen LogP contribution in [0, 0.1) is 5.82 Å². The molecule has 0 radical (unpaired) electrons. The molecule has 4 aromatic rings. The first-order chi connectivity index (χ1) is 19.8. The van der Waals surface area contributed by atoms with E-state index in [1.54, 1.807) is 43.2 Å². The number of anilines is 1. The fraction of sp³-hybridized carbons (Fsp3) is 0.290. The van der Waals surface area contributed by atoms with Gasteiger partial charge in [-0.15, -0.1) is 0 Å². The van der Waals surface area contributed by atoms with E-state index >= 15 is 4.39 Å². The second-order valence-corrected chi connectivity index (χ2v) is 10.8. The molecule has 5 rings (SSSR count). The van der Waals surface area contributed by atoms with Gasteiger partial charge in [-0.05, 0) is 53.4 Å². The number of hydrogen-bond acceptors (Lipinski definition) is 5. The lowest BCUT2D eigenvalue weighted by atomic mass is 9.91. The van der Waals surface area contributed by atoms with Crippen molar-refractivity contribution in [1.82, 2.24) is 9.78 Å². The molecule has 1 aliphatic rings. The van der Waals surface area contributed by atoms with Gasteiger partial charge in [0.15, 0.2) is 11.5 Å². The second-order valence-electron chi connectivity index (χ2n) is 9.93. The molecule has 0 aliphatic carbocycles. The number of carbonyl (C=O) groups is 1. The number of carbonyl (C=O) groups excluding carboxylic acids is 1. The lowest BCUT2D eigenvalue weighted by Crippen LogP contribution is -2.31. The van der Waals surface area contributed by atoms with Crippen molar-refractivity contribution in [2.45, 2.75) is 32.4 Å². The van der Waals surface area contributed by atoms with Crippen LogP contribution in [0.3, 0.4) is 0 Å². The molecule has 3 aromatic carbocycles. The molecule has 10 heteroatoms. The van der Waals surface area contributed by atoms with Crippen molar-refractivity contribution in [2.24, 2.45) is 0 Å². The van der Waals surface area contributed by atoms with Gasteiger partial charge in [0, 0.05) is 17.7 Å². The highest BCUT2D eigenvalue weighted by Crippen LogP contribution is 2.48. The number of halogens is 3. The average Bonchev–Trinajstić information content (AvgIpc) is 3.48. The standard InChI is InChI=1S/C31H30Cl2FN3O4/c1-18(2)29-26-28(35-37(29)23-9-5-6-11-25(23)40-4)31(38)36(24-10-7-8-22(33)27(24)34)30(26)21-13-12-20(32)16-19(21)17-41-15-14-39-3/h5-13,16,18,30H,14-15,17H2,1-4H3. The molecule has 0 spiro atoms. The summed E-state index contributed by atoms with van der Waals surface area (Å²) in [6.45, 7) is 5.06. The maximum Gasteiger partial charge on any atom is 0.280 e. The molecule has 0 saturated carbocycles. The van der Waals surface area contributed by atoms with Crippen molar-refractivity contribution in [3.8, 4) is 11.4 Å². The van der Waals surface area contributed by atoms with Gasteiger partial charge in [0.05, 0.1) is 49.4 Å². The van der Waals surface area contributed by atoms with Crippen LogP contribution in [0.1, 0.15) is 58.7 Å². The van der Waals surface area contributed by atoms with Gasteiger partial charge in [-0.3, -0.25) is 9.69 Å². The Hall–Kier alpha value is -3.43. The third kappa shape index (κ3) is 5.33. The number of aromatic nitrogens is 2. The quantitative estimate of drug-likeness (QED) is 0.179. The number of fused-ring (bicyclic) bond motifs is 1. The van der Waals surface area contributed by atoms with E-state index in [4.69, 9.17) is 42.5 Å². The minimum Gasteiger partial charge on any atom is -0.494 e. The van der Waals surface area contributed by atoms with Crippen molar-refractivity contribution < 1.29 is 23.4 Å². The normalized spacial score (nSPS) is 14.7. The lowest BCUT2D eigenvalue weighted by Gasteiger charge is -2.30. The Morgan fingerprint density at radius 1 is 1.00 bits per heavy atom. The van der Waals surface area contributed by atoms with Crippen molar-refractivity contribution in [3.63, 3.8) is 0 Å². The van der Waals surface area contributed by atoms with E-state index < -0.39 is 17.8 Å². The fourth-order valence-corrected chi connectivity index (χ4v) is 5.65. The van der Waals surface area contributed by atoms with Crippen LogP contribution < -0.4 is 9.64 Å². The van der Waals surface area contributed by atoms with E-state index in [9.17, 15) is 4.79 Å². The monoisotopic (exact) mass is 597 g/mol. The Kier molecular flexibility index (Phi) is 8.66. The number of methoxy groups -OCH3 is 2. The third-order valence-electron chi connectivity index (χ3n) is 7.05. The summed E-state index contributed by atoms with van der Waals surface area (Å²) in [5.41, 5.74) is 3.95. The minimum atomic E-state index is -0.732. The van der Waals surface area contributed by atoms with Crippen molar-refractivity contribution in [1.29, 1.82) is 0 Å². The zero-order valence-electron chi connectivity index (χ0n) is 23.2. The van der Waals surface area contributed by atoms with Gasteiger partial charge >= 0.3 is 0 Å². The maximum absolute atomic E-state index is 15.6. The summed E-state index contributed by atoms with van der Waals surface area (Å²) in [5, 5.41) is 5.25. The minimum absolute atomic E-state index is 0.0604. The smallest absolute Gasteiger partial charge is 0.280 e. The molecule has 214 valence electrons. The number of rotatable bonds is 10. The molecular weight excluding hydrogens is 568 g/mol. The lowest BCUT2D eigenvalue weighted by molar-refractivity contribution is 0.0613. The van der Waals surface area contributed by atoms with Crippen molar-refractivity contribution >= 4 is 34.8 Å². The largest absolute Gasteiger partial charge is 0.494 e. The molecule has 1 aromatic heterocycles. The molecule has 0 bridgehead atoms. The maximum atomic E-state index is 15.6. The fourth-order valence-electron chi connectivity index (χ4n) is 5.29. The van der Waals surface area contributed by atoms with Gasteiger partial charge in [-0.2, -0.15) is 5.10 Å². The number of benzene rings is 3. The highest BCUT2D eigenvalue weighted by atomic mass is 35.5. The van der Waals surface area contributed by atoms with Crippen LogP contribution in [-0.4, -0.2) is 43.1 Å². The Labute approximate surface area is 248 Å². The summed E-state index contributed by atoms with van der Waals surface area (Å²) < 4.78 is 34.0. The Morgan fingerprint density at radius 3 is 2.49 bits per heavy atom. The number of nitrogens with zero attached hydrogens (tertiary/aromatic N) is 3. The molecule has 0 saturated heterocycles. The summed E-state index contributed by atoms with van der Waals surface area (Å²) in [4.78, 5) is 15.7. The molecule has 41 heavy (non-hydrogen) atoms. The van der Waals surface area contributed by atoms with Gasteiger partial charge in [-0.25, -0.2) is 9.07 Å². The second kappa shape index (κ2) is 12.2. The molecule has 1 aliphatic heterocycles. The number of amides is 1. The SMILES string of the molecule is COCCOCc1cc(Cl)ccc1C1c2c(nn(-c3ccccc3OC)c2C(C)C)C(=O)N1c1cccc(Cl)c1F. The molecular formula is C31H30Cl2FN3O4. The summed E-state index contributed by atoms with van der Waals surface area (Å²) in [6.07, 6.45) is 0. The zero-order valence-corrected chi connectivity index (χ0v) is 24.7. The van der Waals surface area contributed by atoms with Gasteiger partial charge in [0.1, 0.15) is 11.4 Å². The molecule has 7 nitrogen and oxygen atoms in total. The third-order valence-corrected chi connectivity index (χ3v) is 7.58. The number of hydrogen-bond donors (Lipinski definition) is 0. The summed E-state index contributed by atoms with van der Waals surface area (Å²) in [6, 6.07) is 16.8. The summed E-state index contributed by atoms with van der Waals surface area (Å²) in [7, 11) is 3.19. The van der Waals surface area contributed by atoms with Crippen LogP contribution in [0.2, 0.25) is 10.0 Å². The van der Waals surface area contributed by atoms with Crippen LogP contribution in [-0.2, 0) is 16.1 Å². The summed E-state index contributed by atoms with van der Waals surface area (Å²) >= 11 is 12.6. The molecule has 1 atom stereocenters. The summed E-state index contributed by atoms with van der Waals surface area (Å²) in [5.74, 6) is -0.587. The van der Waals surface area contributed by atoms with Crippen LogP contribution in [0.25, 0.3) is 5.69 Å². The Balaban J connectivity index is 1.77. The van der Waals surface area contributed by atoms with E-state index in [0.717, 1.165) is 16.8 Å². The molecule has 1 unspecified atom stereocenters. The first-order valence-corrected chi connectivity index (χ1v) is 13.9. The molecule has 2 heterocycles. The van der Waals surface area contributed by atoms with Gasteiger partial charge in [-0.1, -0.05) is 61.3 Å². The van der Waals surface area contributed by atoms with Gasteiger partial charge in [0.25, 0.3) is 5.91 Å². The van der Waals surface area contributed by atoms with E-state index in [1.807, 2.05) is 44.2 Å². The van der Waals surface area contributed by atoms with Crippen LogP contribution in [0.5, 0.6) is 5.75 Å². The number of para-hydroxylation sites is 2. The van der Waals surface area contributed by atoms with Crippen LogP contribution >= 0.6 is 23.2 Å². The van der Waals surface area contributed by atoms with Gasteiger partial charge in [0.2, 0.25) is 0 Å². The molecule has 0 fully saturated rings. The van der Waals surface area contributed by atoms with E-state index in [0.29, 0.717) is 35.2 Å². The van der Waals surface area contributed by atoms with E-state index in [1.165, 1.54) is 11.0 Å². The molecule has 0 N–H and O–H groups in total. The van der Waals surface area contributed by atoms with E-state index in [-0.39, 0.29) is 28.9 Å². The van der Waals surface area contributed by atoms with Gasteiger partial charge < -0.3 is 14.2 Å². The highest BCUT2D eigenvalue weighted by Gasteiger charge is 2.46. The first kappa shape index (κ1) is 29.1. The first-order valence-electron chi connectivity index (χ1n) is 13.2. The average molecular weight is 599 g/mol. The van der Waals surface area contributed by atoms with E-state index in [2.05, 4.69) is 0 Å². The Morgan fingerprint density at radius 2 is 1.76 bits per heavy atom. The molecule has 1 amide bonds. The van der Waals surface area contributed by atoms with Crippen LogP contribution in [0.4, 0.5) is 10.1 Å². The predicted octanol–water partition coefficient (Wildman–Crippen LogP) is 7.36. The van der Waals surface area contributed by atoms with Crippen molar-refractivity contribution in [3.05, 3.63) is 105 Å². The van der Waals surface area contributed by atoms with Crippen LogP contribution in [0.15, 0.2) is 60.7 Å². The highest BCUT2D eigenvalue weighted by molar-refractivity contribution is 6.31. The van der Waals surface area contributed by atoms with Crippen molar-refractivity contribution in [2.75, 3.05) is 32.3 Å². The topological polar surface area (TPSA) is 65.8 Å².